The first-order valence-electron chi connectivity index (χ1n) is 9.16. The Labute approximate surface area is 191 Å². The number of sulfonamides is 1. The van der Waals surface area contributed by atoms with Crippen LogP contribution in [0.3, 0.4) is 0 Å². The van der Waals surface area contributed by atoms with Gasteiger partial charge < -0.3 is 9.47 Å². The largest absolute Gasteiger partial charge is 0.493 e. The molecule has 0 aliphatic carbocycles. The Bertz CT molecular complexity index is 1190. The number of benzene rings is 3. The van der Waals surface area contributed by atoms with E-state index in [1.54, 1.807) is 49.4 Å². The van der Waals surface area contributed by atoms with Crippen LogP contribution in [0.5, 0.6) is 11.5 Å². The zero-order valence-electron chi connectivity index (χ0n) is 17.0. The number of hydrogen-bond donors (Lipinski definition) is 0. The molecule has 0 unspecified atom stereocenters. The lowest BCUT2D eigenvalue weighted by molar-refractivity contribution is 0.355. The van der Waals surface area contributed by atoms with E-state index in [1.165, 1.54) is 24.6 Å². The van der Waals surface area contributed by atoms with E-state index in [-0.39, 0.29) is 9.92 Å². The molecular weight excluding hydrogens is 464 g/mol. The van der Waals surface area contributed by atoms with Crippen LogP contribution in [-0.2, 0) is 10.0 Å². The van der Waals surface area contributed by atoms with E-state index in [2.05, 4.69) is 0 Å². The van der Waals surface area contributed by atoms with Crippen molar-refractivity contribution in [2.75, 3.05) is 18.5 Å². The van der Waals surface area contributed by atoms with E-state index in [0.29, 0.717) is 27.8 Å². The summed E-state index contributed by atoms with van der Waals surface area (Å²) in [6.07, 6.45) is 0. The van der Waals surface area contributed by atoms with Crippen LogP contribution in [0, 0.1) is 5.82 Å². The number of halogens is 3. The van der Waals surface area contributed by atoms with Gasteiger partial charge in [0.15, 0.2) is 11.5 Å². The summed E-state index contributed by atoms with van der Waals surface area (Å²) in [5.74, 6) is 0.109. The van der Waals surface area contributed by atoms with Gasteiger partial charge in [0.1, 0.15) is 5.82 Å². The number of anilines is 1. The second kappa shape index (κ2) is 9.34. The molecule has 5 nitrogen and oxygen atoms in total. The average molecular weight is 484 g/mol. The number of nitrogens with zero attached hydrogens (tertiary/aromatic N) is 1. The molecule has 0 aliphatic rings. The van der Waals surface area contributed by atoms with Crippen LogP contribution < -0.4 is 13.8 Å². The maximum Gasteiger partial charge on any atom is 0.264 e. The van der Waals surface area contributed by atoms with Crippen LogP contribution in [0.1, 0.15) is 18.5 Å². The third-order valence-corrected chi connectivity index (χ3v) is 7.21. The van der Waals surface area contributed by atoms with Gasteiger partial charge in [-0.15, -0.1) is 0 Å². The van der Waals surface area contributed by atoms with Crippen molar-refractivity contribution in [2.24, 2.45) is 0 Å². The maximum atomic E-state index is 13.7. The van der Waals surface area contributed by atoms with Crippen molar-refractivity contribution in [1.82, 2.24) is 0 Å². The van der Waals surface area contributed by atoms with Crippen molar-refractivity contribution >= 4 is 38.9 Å². The average Bonchev–Trinajstić information content (AvgIpc) is 2.75. The molecule has 164 valence electrons. The monoisotopic (exact) mass is 483 g/mol. The van der Waals surface area contributed by atoms with Crippen molar-refractivity contribution in [2.45, 2.75) is 17.9 Å². The number of rotatable bonds is 7. The molecule has 0 amide bonds. The molecule has 0 aromatic heterocycles. The zero-order chi connectivity index (χ0) is 22.8. The molecule has 9 heteroatoms. The van der Waals surface area contributed by atoms with Crippen LogP contribution in [0.2, 0.25) is 10.0 Å². The van der Waals surface area contributed by atoms with Crippen LogP contribution >= 0.6 is 23.2 Å². The molecule has 1 atom stereocenters. The van der Waals surface area contributed by atoms with Gasteiger partial charge in [0, 0.05) is 11.1 Å². The number of methoxy groups -OCH3 is 2. The molecule has 3 aromatic carbocycles. The first-order chi connectivity index (χ1) is 14.7. The van der Waals surface area contributed by atoms with E-state index >= 15 is 0 Å². The first-order valence-corrected chi connectivity index (χ1v) is 11.4. The highest BCUT2D eigenvalue weighted by Crippen LogP contribution is 2.39. The summed E-state index contributed by atoms with van der Waals surface area (Å²) in [6.45, 7) is 1.74. The van der Waals surface area contributed by atoms with Crippen LogP contribution in [0.15, 0.2) is 65.6 Å². The van der Waals surface area contributed by atoms with Gasteiger partial charge in [-0.05, 0) is 55.0 Å². The van der Waals surface area contributed by atoms with Gasteiger partial charge in [0.2, 0.25) is 0 Å². The summed E-state index contributed by atoms with van der Waals surface area (Å²) < 4.78 is 52.9. The minimum absolute atomic E-state index is 0.144. The fourth-order valence-corrected chi connectivity index (χ4v) is 5.19. The normalized spacial score (nSPS) is 12.3. The SMILES string of the molecule is COc1ccc(N([C@H](C)c2ccc(Cl)cc2)S(=O)(=O)c2ccc(F)c(Cl)c2)cc1OC. The molecule has 0 N–H and O–H groups in total. The minimum Gasteiger partial charge on any atom is -0.493 e. The molecule has 0 aliphatic heterocycles. The highest BCUT2D eigenvalue weighted by molar-refractivity contribution is 7.92. The van der Waals surface area contributed by atoms with Crippen LogP contribution in [0.25, 0.3) is 0 Å². The maximum absolute atomic E-state index is 13.7. The van der Waals surface area contributed by atoms with Gasteiger partial charge in [-0.1, -0.05) is 35.3 Å². The van der Waals surface area contributed by atoms with Gasteiger partial charge >= 0.3 is 0 Å². The summed E-state index contributed by atoms with van der Waals surface area (Å²) in [7, 11) is -1.19. The molecule has 0 saturated carbocycles. The van der Waals surface area contributed by atoms with Crippen molar-refractivity contribution in [3.8, 4) is 11.5 Å². The standard InChI is InChI=1S/C22H20Cl2FNO4S/c1-14(15-4-6-16(23)7-5-15)26(17-8-11-21(29-2)22(12-17)30-3)31(27,28)18-9-10-20(25)19(24)13-18/h4-14H,1-3H3/t14-/m1/s1. The predicted molar refractivity (Wildman–Crippen MR) is 120 cm³/mol. The Morgan fingerprint density at radius 1 is 0.903 bits per heavy atom. The minimum atomic E-state index is -4.14. The van der Waals surface area contributed by atoms with E-state index in [1.807, 2.05) is 0 Å². The van der Waals surface area contributed by atoms with Gasteiger partial charge in [-0.2, -0.15) is 0 Å². The Morgan fingerprint density at radius 2 is 1.55 bits per heavy atom. The third-order valence-electron chi connectivity index (χ3n) is 4.77. The van der Waals surface area contributed by atoms with Crippen molar-refractivity contribution in [3.05, 3.63) is 82.1 Å². The molecule has 0 saturated heterocycles. The van der Waals surface area contributed by atoms with E-state index in [9.17, 15) is 12.8 Å². The van der Waals surface area contributed by atoms with Crippen LogP contribution in [-0.4, -0.2) is 22.6 Å². The summed E-state index contributed by atoms with van der Waals surface area (Å²) in [5.41, 5.74) is 1.04. The molecule has 0 fully saturated rings. The highest BCUT2D eigenvalue weighted by Gasteiger charge is 2.31. The smallest absolute Gasteiger partial charge is 0.264 e. The van der Waals surface area contributed by atoms with E-state index < -0.39 is 21.9 Å². The lowest BCUT2D eigenvalue weighted by atomic mass is 10.1. The fraction of sp³-hybridized carbons (Fsp3) is 0.182. The summed E-state index contributed by atoms with van der Waals surface area (Å²) >= 11 is 11.9. The predicted octanol–water partition coefficient (Wildman–Crippen LogP) is 6.11. The molecule has 3 aromatic rings. The summed E-state index contributed by atoms with van der Waals surface area (Å²) in [5, 5.41) is 0.245. The summed E-state index contributed by atoms with van der Waals surface area (Å²) in [6, 6.07) is 14.3. The number of ether oxygens (including phenoxy) is 2. The van der Waals surface area contributed by atoms with Crippen molar-refractivity contribution in [3.63, 3.8) is 0 Å². The molecule has 0 bridgehead atoms. The zero-order valence-corrected chi connectivity index (χ0v) is 19.3. The number of hydrogen-bond acceptors (Lipinski definition) is 4. The molecule has 31 heavy (non-hydrogen) atoms. The van der Waals surface area contributed by atoms with Crippen molar-refractivity contribution < 1.29 is 22.3 Å². The highest BCUT2D eigenvalue weighted by atomic mass is 35.5. The Morgan fingerprint density at radius 3 is 2.13 bits per heavy atom. The Kier molecular flexibility index (Phi) is 6.99. The van der Waals surface area contributed by atoms with Gasteiger partial charge in [-0.25, -0.2) is 12.8 Å². The first kappa shape index (κ1) is 23.2. The van der Waals surface area contributed by atoms with Crippen LogP contribution in [0.4, 0.5) is 10.1 Å². The molecular formula is C22H20Cl2FNO4S. The fourth-order valence-electron chi connectivity index (χ4n) is 3.16. The van der Waals surface area contributed by atoms with E-state index in [4.69, 9.17) is 32.7 Å². The molecule has 0 heterocycles. The lowest BCUT2D eigenvalue weighted by Crippen LogP contribution is -2.33. The van der Waals surface area contributed by atoms with Crippen molar-refractivity contribution in [1.29, 1.82) is 0 Å². The quantitative estimate of drug-likeness (QED) is 0.406. The molecule has 0 spiro atoms. The second-order valence-corrected chi connectivity index (χ2v) is 9.30. The molecule has 3 rings (SSSR count). The lowest BCUT2D eigenvalue weighted by Gasteiger charge is -2.31. The molecule has 0 radical (unpaired) electrons. The van der Waals surface area contributed by atoms with Gasteiger partial charge in [0.25, 0.3) is 10.0 Å². The summed E-state index contributed by atoms with van der Waals surface area (Å²) in [4.78, 5) is -0.144. The third kappa shape index (κ3) is 4.74. The van der Waals surface area contributed by atoms with Gasteiger partial charge in [0.05, 0.1) is 35.9 Å². The topological polar surface area (TPSA) is 55.8 Å². The Hall–Kier alpha value is -2.48. The second-order valence-electron chi connectivity index (χ2n) is 6.64. The Balaban J connectivity index is 2.20. The van der Waals surface area contributed by atoms with Gasteiger partial charge in [-0.3, -0.25) is 4.31 Å². The van der Waals surface area contributed by atoms with E-state index in [0.717, 1.165) is 12.1 Å².